The molecule has 1 N–H and O–H groups in total. The molecular weight excluding hydrogens is 468 g/mol. The molecule has 4 rings (SSSR count). The van der Waals surface area contributed by atoms with Crippen LogP contribution in [0.3, 0.4) is 0 Å². The second-order valence-electron chi connectivity index (χ2n) is 7.41. The van der Waals surface area contributed by atoms with E-state index in [2.05, 4.69) is 4.99 Å². The van der Waals surface area contributed by atoms with Crippen LogP contribution in [-0.4, -0.2) is 46.2 Å². The molecule has 0 spiro atoms. The second-order valence-corrected chi connectivity index (χ2v) is 8.42. The van der Waals surface area contributed by atoms with Crippen molar-refractivity contribution in [2.75, 3.05) is 13.2 Å². The Bertz CT molecular complexity index is 1340. The van der Waals surface area contributed by atoms with E-state index in [1.807, 2.05) is 6.92 Å². The number of amides is 1. The van der Waals surface area contributed by atoms with E-state index < -0.39 is 5.97 Å². The largest absolute Gasteiger partial charge is 0.478 e. The Kier molecular flexibility index (Phi) is 7.17. The van der Waals surface area contributed by atoms with Crippen LogP contribution in [0.2, 0.25) is 0 Å². The van der Waals surface area contributed by atoms with E-state index in [-0.39, 0.29) is 17.4 Å². The van der Waals surface area contributed by atoms with Crippen molar-refractivity contribution >= 4 is 46.5 Å². The molecule has 0 unspecified atom stereocenters. The number of carboxylic acid groups (broad SMARTS) is 1. The number of hydrogen-bond acceptors (Lipinski definition) is 7. The summed E-state index contributed by atoms with van der Waals surface area (Å²) in [6.07, 6.45) is 1.66. The van der Waals surface area contributed by atoms with E-state index >= 15 is 0 Å². The minimum atomic E-state index is -1.04. The molecular formula is C26H22N2O6S. The summed E-state index contributed by atoms with van der Waals surface area (Å²) in [6.45, 7) is 4.32. The number of carboxylic acids is 1. The Morgan fingerprint density at radius 3 is 2.54 bits per heavy atom. The van der Waals surface area contributed by atoms with Gasteiger partial charge in [0.15, 0.2) is 5.17 Å². The lowest BCUT2D eigenvalue weighted by atomic mass is 10.1. The molecule has 0 atom stereocenters. The lowest BCUT2D eigenvalue weighted by Gasteiger charge is -2.12. The minimum Gasteiger partial charge on any atom is -0.478 e. The van der Waals surface area contributed by atoms with Gasteiger partial charge in [0, 0.05) is 18.2 Å². The Morgan fingerprint density at radius 2 is 1.86 bits per heavy atom. The fourth-order valence-electron chi connectivity index (χ4n) is 3.39. The molecule has 2 heterocycles. The Hall–Kier alpha value is -4.11. The van der Waals surface area contributed by atoms with Crippen LogP contribution in [0.1, 0.15) is 40.3 Å². The molecule has 0 bridgehead atoms. The first kappa shape index (κ1) is 24.0. The standard InChI is InChI=1S/C26H22N2O6S/c1-3-28-23(29)22(35-26(28)27-19-7-5-6-18(14-19)24(30)31)15-20-12-13-21(34-20)16-8-10-17(11-9-16)25(32)33-4-2/h5-15H,3-4H2,1-2H3,(H,30,31)/b22-15+,27-26?. The number of likely N-dealkylation sites (N-methyl/N-ethyl adjacent to an activating group) is 1. The number of rotatable bonds is 7. The van der Waals surface area contributed by atoms with Crippen molar-refractivity contribution < 1.29 is 28.6 Å². The van der Waals surface area contributed by atoms with E-state index in [0.29, 0.717) is 46.0 Å². The van der Waals surface area contributed by atoms with Gasteiger partial charge in [0.1, 0.15) is 11.5 Å². The number of carbonyl (C=O) groups excluding carboxylic acids is 2. The first-order valence-corrected chi connectivity index (χ1v) is 11.7. The molecule has 0 radical (unpaired) electrons. The van der Waals surface area contributed by atoms with Crippen molar-refractivity contribution in [1.29, 1.82) is 0 Å². The first-order valence-electron chi connectivity index (χ1n) is 10.9. The monoisotopic (exact) mass is 490 g/mol. The SMILES string of the molecule is CCOC(=O)c1ccc(-c2ccc(/C=C3/SC(=Nc4cccc(C(=O)O)c4)N(CC)C3=O)o2)cc1. The van der Waals surface area contributed by atoms with E-state index in [9.17, 15) is 19.5 Å². The molecule has 9 heteroatoms. The van der Waals surface area contributed by atoms with Gasteiger partial charge in [-0.3, -0.25) is 9.69 Å². The maximum atomic E-state index is 12.9. The van der Waals surface area contributed by atoms with Gasteiger partial charge in [-0.05, 0) is 68.1 Å². The molecule has 8 nitrogen and oxygen atoms in total. The predicted octanol–water partition coefficient (Wildman–Crippen LogP) is 5.45. The zero-order chi connectivity index (χ0) is 24.9. The molecule has 1 amide bonds. The summed E-state index contributed by atoms with van der Waals surface area (Å²) in [7, 11) is 0. The van der Waals surface area contributed by atoms with E-state index in [4.69, 9.17) is 9.15 Å². The van der Waals surface area contributed by atoms with Gasteiger partial charge in [0.25, 0.3) is 5.91 Å². The van der Waals surface area contributed by atoms with Crippen LogP contribution in [0.5, 0.6) is 0 Å². The number of benzene rings is 2. The Labute approximate surface area is 205 Å². The topological polar surface area (TPSA) is 109 Å². The molecule has 1 fully saturated rings. The van der Waals surface area contributed by atoms with Crippen LogP contribution >= 0.6 is 11.8 Å². The van der Waals surface area contributed by atoms with Crippen LogP contribution in [0, 0.1) is 0 Å². The van der Waals surface area contributed by atoms with E-state index in [1.165, 1.54) is 28.8 Å². The molecule has 0 saturated carbocycles. The second kappa shape index (κ2) is 10.4. The van der Waals surface area contributed by atoms with Crippen molar-refractivity contribution in [1.82, 2.24) is 4.90 Å². The van der Waals surface area contributed by atoms with Gasteiger partial charge in [-0.15, -0.1) is 0 Å². The van der Waals surface area contributed by atoms with Crippen LogP contribution in [0.25, 0.3) is 17.4 Å². The van der Waals surface area contributed by atoms with Gasteiger partial charge in [0.2, 0.25) is 0 Å². The number of aromatic carboxylic acids is 1. The minimum absolute atomic E-state index is 0.124. The van der Waals surface area contributed by atoms with Gasteiger partial charge in [0.05, 0.1) is 28.3 Å². The predicted molar refractivity (Wildman–Crippen MR) is 134 cm³/mol. The molecule has 2 aromatic carbocycles. The number of nitrogens with zero attached hydrogens (tertiary/aromatic N) is 2. The highest BCUT2D eigenvalue weighted by atomic mass is 32.2. The zero-order valence-electron chi connectivity index (χ0n) is 19.1. The average molecular weight is 491 g/mol. The maximum absolute atomic E-state index is 12.9. The summed E-state index contributed by atoms with van der Waals surface area (Å²) in [5.74, 6) is -0.542. The number of furan rings is 1. The highest BCUT2D eigenvalue weighted by molar-refractivity contribution is 8.18. The molecule has 1 saturated heterocycles. The third-order valence-corrected chi connectivity index (χ3v) is 6.11. The highest BCUT2D eigenvalue weighted by Crippen LogP contribution is 2.35. The van der Waals surface area contributed by atoms with Gasteiger partial charge < -0.3 is 14.3 Å². The van der Waals surface area contributed by atoms with Crippen LogP contribution in [0.15, 0.2) is 75.0 Å². The molecule has 1 aromatic heterocycles. The molecule has 35 heavy (non-hydrogen) atoms. The van der Waals surface area contributed by atoms with E-state index in [1.54, 1.807) is 61.5 Å². The van der Waals surface area contributed by atoms with Crippen LogP contribution in [0.4, 0.5) is 5.69 Å². The van der Waals surface area contributed by atoms with Crippen LogP contribution < -0.4 is 0 Å². The number of esters is 1. The normalized spacial score (nSPS) is 15.7. The lowest BCUT2D eigenvalue weighted by molar-refractivity contribution is -0.122. The maximum Gasteiger partial charge on any atom is 0.338 e. The summed E-state index contributed by atoms with van der Waals surface area (Å²) in [5.41, 5.74) is 1.81. The van der Waals surface area contributed by atoms with Crippen molar-refractivity contribution in [2.24, 2.45) is 4.99 Å². The number of thioether (sulfide) groups is 1. The van der Waals surface area contributed by atoms with Crippen molar-refractivity contribution in [3.8, 4) is 11.3 Å². The Balaban J connectivity index is 1.55. The number of carbonyl (C=O) groups is 3. The third-order valence-electron chi connectivity index (χ3n) is 5.10. The number of aliphatic imine (C=N–C) groups is 1. The summed E-state index contributed by atoms with van der Waals surface area (Å²) in [5, 5.41) is 9.67. The van der Waals surface area contributed by atoms with Gasteiger partial charge in [-0.25, -0.2) is 14.6 Å². The number of hydrogen-bond donors (Lipinski definition) is 1. The molecule has 1 aliphatic rings. The zero-order valence-corrected chi connectivity index (χ0v) is 19.9. The quantitative estimate of drug-likeness (QED) is 0.347. The van der Waals surface area contributed by atoms with Crippen molar-refractivity contribution in [3.63, 3.8) is 0 Å². The van der Waals surface area contributed by atoms with Gasteiger partial charge in [-0.2, -0.15) is 0 Å². The van der Waals surface area contributed by atoms with Crippen molar-refractivity contribution in [3.05, 3.63) is 82.5 Å². The average Bonchev–Trinajstić information content (AvgIpc) is 3.44. The summed E-state index contributed by atoms with van der Waals surface area (Å²) in [4.78, 5) is 42.5. The van der Waals surface area contributed by atoms with Gasteiger partial charge in [-0.1, -0.05) is 18.2 Å². The number of ether oxygens (including phenoxy) is 1. The molecule has 178 valence electrons. The van der Waals surface area contributed by atoms with Crippen molar-refractivity contribution in [2.45, 2.75) is 13.8 Å². The smallest absolute Gasteiger partial charge is 0.338 e. The lowest BCUT2D eigenvalue weighted by Crippen LogP contribution is -2.28. The summed E-state index contributed by atoms with van der Waals surface area (Å²) >= 11 is 1.20. The fourth-order valence-corrected chi connectivity index (χ4v) is 4.43. The third kappa shape index (κ3) is 5.36. The molecule has 3 aromatic rings. The van der Waals surface area contributed by atoms with Crippen LogP contribution in [-0.2, 0) is 9.53 Å². The van der Waals surface area contributed by atoms with Gasteiger partial charge >= 0.3 is 11.9 Å². The highest BCUT2D eigenvalue weighted by Gasteiger charge is 2.32. The summed E-state index contributed by atoms with van der Waals surface area (Å²) < 4.78 is 10.9. The fraction of sp³-hybridized carbons (Fsp3) is 0.154. The van der Waals surface area contributed by atoms with E-state index in [0.717, 1.165) is 5.56 Å². The Morgan fingerprint density at radius 1 is 1.09 bits per heavy atom. The molecule has 1 aliphatic heterocycles. The molecule has 0 aliphatic carbocycles. The first-order chi connectivity index (χ1) is 16.9. The summed E-state index contributed by atoms with van der Waals surface area (Å²) in [6, 6.07) is 16.7. The number of amidine groups is 1.